The van der Waals surface area contributed by atoms with Crippen LogP contribution in [-0.4, -0.2) is 44.0 Å². The molecule has 1 amide bonds. The van der Waals surface area contributed by atoms with Crippen LogP contribution < -0.4 is 5.32 Å². The number of nitrogens with one attached hydrogen (secondary N) is 1. The minimum atomic E-state index is -3.75. The molecule has 1 aromatic carbocycles. The number of benzene rings is 1. The molecule has 0 saturated heterocycles. The summed E-state index contributed by atoms with van der Waals surface area (Å²) in [7, 11) is -2.37. The second kappa shape index (κ2) is 7.23. The Morgan fingerprint density at radius 2 is 1.74 bits per heavy atom. The van der Waals surface area contributed by atoms with E-state index in [1.807, 2.05) is 0 Å². The molecule has 6 nitrogen and oxygen atoms in total. The van der Waals surface area contributed by atoms with Gasteiger partial charge in [-0.05, 0) is 31.9 Å². The number of ketones is 1. The van der Waals surface area contributed by atoms with Gasteiger partial charge in [0, 0.05) is 18.7 Å². The Morgan fingerprint density at radius 1 is 1.17 bits per heavy atom. The minimum absolute atomic E-state index is 0.0682. The van der Waals surface area contributed by atoms with Crippen molar-refractivity contribution in [1.82, 2.24) is 9.62 Å². The molecule has 1 aliphatic rings. The molecule has 2 rings (SSSR count). The van der Waals surface area contributed by atoms with E-state index in [9.17, 15) is 18.0 Å². The van der Waals surface area contributed by atoms with Crippen molar-refractivity contribution in [3.63, 3.8) is 0 Å². The first-order valence-corrected chi connectivity index (χ1v) is 9.11. The molecule has 23 heavy (non-hydrogen) atoms. The third kappa shape index (κ3) is 4.39. The lowest BCUT2D eigenvalue weighted by molar-refractivity contribution is -0.121. The molecule has 1 aromatic rings. The molecule has 1 aliphatic carbocycles. The summed E-state index contributed by atoms with van der Waals surface area (Å²) in [6.45, 7) is 1.20. The highest BCUT2D eigenvalue weighted by molar-refractivity contribution is 7.89. The van der Waals surface area contributed by atoms with Crippen molar-refractivity contribution in [3.05, 3.63) is 29.8 Å². The van der Waals surface area contributed by atoms with E-state index >= 15 is 0 Å². The summed E-state index contributed by atoms with van der Waals surface area (Å²) in [6, 6.07) is 5.88. The maximum absolute atomic E-state index is 12.4. The zero-order valence-corrected chi connectivity index (χ0v) is 14.2. The van der Waals surface area contributed by atoms with Crippen LogP contribution in [0.2, 0.25) is 0 Å². The Labute approximate surface area is 136 Å². The first-order chi connectivity index (χ1) is 10.8. The van der Waals surface area contributed by atoms with Crippen molar-refractivity contribution in [3.8, 4) is 0 Å². The summed E-state index contributed by atoms with van der Waals surface area (Å²) in [6.07, 6.45) is 4.10. The Bertz CT molecular complexity index is 677. The van der Waals surface area contributed by atoms with Crippen molar-refractivity contribution in [2.45, 2.75) is 43.5 Å². The van der Waals surface area contributed by atoms with Gasteiger partial charge in [-0.25, -0.2) is 8.42 Å². The van der Waals surface area contributed by atoms with Crippen LogP contribution in [0.25, 0.3) is 0 Å². The second-order valence-electron chi connectivity index (χ2n) is 5.89. The van der Waals surface area contributed by atoms with E-state index in [-0.39, 0.29) is 29.2 Å². The highest BCUT2D eigenvalue weighted by Gasteiger charge is 2.24. The summed E-state index contributed by atoms with van der Waals surface area (Å²) in [5.41, 5.74) is 0.450. The van der Waals surface area contributed by atoms with Crippen molar-refractivity contribution >= 4 is 21.7 Å². The number of nitrogens with zero attached hydrogens (tertiary/aromatic N) is 1. The van der Waals surface area contributed by atoms with Crippen molar-refractivity contribution < 1.29 is 18.0 Å². The second-order valence-corrected chi connectivity index (χ2v) is 7.94. The van der Waals surface area contributed by atoms with Gasteiger partial charge in [-0.15, -0.1) is 0 Å². The van der Waals surface area contributed by atoms with Gasteiger partial charge in [0.25, 0.3) is 0 Å². The molecule has 7 heteroatoms. The maximum Gasteiger partial charge on any atom is 0.243 e. The molecule has 0 bridgehead atoms. The number of carbonyl (C=O) groups is 2. The molecule has 1 N–H and O–H groups in total. The summed E-state index contributed by atoms with van der Waals surface area (Å²) in [4.78, 5) is 23.3. The fourth-order valence-corrected chi connectivity index (χ4v) is 3.80. The van der Waals surface area contributed by atoms with Gasteiger partial charge in [0.05, 0.1) is 11.4 Å². The molecule has 0 spiro atoms. The van der Waals surface area contributed by atoms with Crippen LogP contribution in [0.5, 0.6) is 0 Å². The van der Waals surface area contributed by atoms with Crippen molar-refractivity contribution in [2.24, 2.45) is 0 Å². The van der Waals surface area contributed by atoms with Crippen LogP contribution in [0.15, 0.2) is 29.2 Å². The average molecular weight is 338 g/mol. The number of Topliss-reactive ketones (excluding diaryl/α,β-unsaturated/α-hetero) is 1. The van der Waals surface area contributed by atoms with Crippen LogP contribution in [0, 0.1) is 0 Å². The van der Waals surface area contributed by atoms with Gasteiger partial charge < -0.3 is 5.32 Å². The van der Waals surface area contributed by atoms with Crippen LogP contribution >= 0.6 is 0 Å². The molecule has 0 unspecified atom stereocenters. The third-order valence-corrected chi connectivity index (χ3v) is 5.87. The van der Waals surface area contributed by atoms with Gasteiger partial charge in [-0.2, -0.15) is 4.31 Å². The van der Waals surface area contributed by atoms with Gasteiger partial charge in [-0.3, -0.25) is 9.59 Å². The topological polar surface area (TPSA) is 83.6 Å². The predicted molar refractivity (Wildman–Crippen MR) is 86.7 cm³/mol. The zero-order chi connectivity index (χ0) is 17.0. The van der Waals surface area contributed by atoms with Crippen LogP contribution in [0.4, 0.5) is 0 Å². The van der Waals surface area contributed by atoms with E-state index in [1.54, 1.807) is 0 Å². The summed E-state index contributed by atoms with van der Waals surface area (Å²) in [5, 5.41) is 2.87. The Kier molecular flexibility index (Phi) is 5.54. The van der Waals surface area contributed by atoms with Crippen LogP contribution in [0.3, 0.4) is 0 Å². The van der Waals surface area contributed by atoms with E-state index in [0.29, 0.717) is 5.56 Å². The summed E-state index contributed by atoms with van der Waals surface area (Å²) in [5.74, 6) is -0.415. The maximum atomic E-state index is 12.4. The highest BCUT2D eigenvalue weighted by atomic mass is 32.2. The van der Waals surface area contributed by atoms with Gasteiger partial charge in [0.15, 0.2) is 5.78 Å². The standard InChI is InChI=1S/C16H22N2O4S/c1-12(19)13-7-9-15(10-8-13)23(21,22)18(2)11-16(20)17-14-5-3-4-6-14/h7-10,14H,3-6,11H2,1-2H3,(H,17,20). The van der Waals surface area contributed by atoms with Gasteiger partial charge in [0.1, 0.15) is 0 Å². The van der Waals surface area contributed by atoms with Gasteiger partial charge in [0.2, 0.25) is 15.9 Å². The van der Waals surface area contributed by atoms with E-state index in [4.69, 9.17) is 0 Å². The first kappa shape index (κ1) is 17.6. The molecule has 0 radical (unpaired) electrons. The fourth-order valence-electron chi connectivity index (χ4n) is 2.67. The van der Waals surface area contributed by atoms with E-state index < -0.39 is 10.0 Å². The molecule has 0 atom stereocenters. The smallest absolute Gasteiger partial charge is 0.243 e. The molecule has 1 fully saturated rings. The van der Waals surface area contributed by atoms with Gasteiger partial charge >= 0.3 is 0 Å². The number of likely N-dealkylation sites (N-methyl/N-ethyl adjacent to an activating group) is 1. The number of rotatable bonds is 6. The van der Waals surface area contributed by atoms with E-state index in [0.717, 1.165) is 30.0 Å². The van der Waals surface area contributed by atoms with Crippen molar-refractivity contribution in [2.75, 3.05) is 13.6 Å². The molecular weight excluding hydrogens is 316 g/mol. The lowest BCUT2D eigenvalue weighted by Gasteiger charge is -2.19. The minimum Gasteiger partial charge on any atom is -0.352 e. The Hall–Kier alpha value is -1.73. The predicted octanol–water partition coefficient (Wildman–Crippen LogP) is 1.57. The lowest BCUT2D eigenvalue weighted by Crippen LogP contribution is -2.41. The lowest BCUT2D eigenvalue weighted by atomic mass is 10.2. The molecule has 0 aliphatic heterocycles. The van der Waals surface area contributed by atoms with Crippen LogP contribution in [0.1, 0.15) is 43.0 Å². The summed E-state index contributed by atoms with van der Waals surface area (Å²) >= 11 is 0. The Morgan fingerprint density at radius 3 is 2.26 bits per heavy atom. The summed E-state index contributed by atoms with van der Waals surface area (Å²) < 4.78 is 25.9. The first-order valence-electron chi connectivity index (χ1n) is 7.67. The molecule has 0 heterocycles. The molecular formula is C16H22N2O4S. The Balaban J connectivity index is 2.02. The molecule has 1 saturated carbocycles. The number of carbonyl (C=O) groups excluding carboxylic acids is 2. The average Bonchev–Trinajstić information content (AvgIpc) is 2.99. The van der Waals surface area contributed by atoms with Crippen LogP contribution in [-0.2, 0) is 14.8 Å². The van der Waals surface area contributed by atoms with E-state index in [2.05, 4.69) is 5.32 Å². The molecule has 126 valence electrons. The zero-order valence-electron chi connectivity index (χ0n) is 13.4. The monoisotopic (exact) mass is 338 g/mol. The normalized spacial score (nSPS) is 15.8. The van der Waals surface area contributed by atoms with Gasteiger partial charge in [-0.1, -0.05) is 25.0 Å². The number of sulfonamides is 1. The largest absolute Gasteiger partial charge is 0.352 e. The number of hydrogen-bond acceptors (Lipinski definition) is 4. The number of hydrogen-bond donors (Lipinski definition) is 1. The highest BCUT2D eigenvalue weighted by Crippen LogP contribution is 2.18. The number of amides is 1. The third-order valence-electron chi connectivity index (χ3n) is 4.06. The fraction of sp³-hybridized carbons (Fsp3) is 0.500. The molecule has 0 aromatic heterocycles. The SMILES string of the molecule is CC(=O)c1ccc(S(=O)(=O)N(C)CC(=O)NC2CCCC2)cc1. The van der Waals surface area contributed by atoms with E-state index in [1.165, 1.54) is 38.2 Å². The quantitative estimate of drug-likeness (QED) is 0.798. The van der Waals surface area contributed by atoms with Crippen molar-refractivity contribution in [1.29, 1.82) is 0 Å².